The minimum absolute atomic E-state index is 0.0276. The number of aromatic amines is 1. The quantitative estimate of drug-likeness (QED) is 0.417. The molecule has 3 aromatic carbocycles. The standard InChI is InChI=1S/C21H14Cl2FN3O/c1-11-2-3-13(8-15(11)22)21(28)25-14-6-4-12(5-7-14)20-26-18-9-16(23)17(24)10-19(18)27-20/h2-10H,1H3,(H,25,28)(H,26,27). The summed E-state index contributed by atoms with van der Waals surface area (Å²) in [7, 11) is 0. The fraction of sp³-hybridized carbons (Fsp3) is 0.0476. The van der Waals surface area contributed by atoms with Gasteiger partial charge in [0.15, 0.2) is 0 Å². The Hall–Kier alpha value is -2.89. The summed E-state index contributed by atoms with van der Waals surface area (Å²) in [6, 6.07) is 15.1. The van der Waals surface area contributed by atoms with Crippen molar-refractivity contribution in [3.05, 3.63) is 81.6 Å². The van der Waals surface area contributed by atoms with Crippen molar-refractivity contribution >= 4 is 45.8 Å². The van der Waals surface area contributed by atoms with Gasteiger partial charge in [0.05, 0.1) is 16.1 Å². The number of H-pyrrole nitrogens is 1. The van der Waals surface area contributed by atoms with E-state index in [1.54, 1.807) is 30.3 Å². The normalized spacial score (nSPS) is 11.0. The van der Waals surface area contributed by atoms with Crippen LogP contribution in [0.15, 0.2) is 54.6 Å². The van der Waals surface area contributed by atoms with Gasteiger partial charge in [0.25, 0.3) is 5.91 Å². The molecule has 0 spiro atoms. The van der Waals surface area contributed by atoms with Crippen molar-refractivity contribution < 1.29 is 9.18 Å². The first-order valence-electron chi connectivity index (χ1n) is 8.43. The molecule has 1 amide bonds. The lowest BCUT2D eigenvalue weighted by Gasteiger charge is -2.07. The second-order valence-electron chi connectivity index (χ2n) is 6.36. The van der Waals surface area contributed by atoms with Crippen molar-refractivity contribution in [1.29, 1.82) is 0 Å². The molecule has 0 saturated carbocycles. The first kappa shape index (κ1) is 18.5. The van der Waals surface area contributed by atoms with Crippen LogP contribution in [0.4, 0.5) is 10.1 Å². The van der Waals surface area contributed by atoms with Gasteiger partial charge in [0.1, 0.15) is 11.6 Å². The molecule has 0 aliphatic rings. The van der Waals surface area contributed by atoms with Gasteiger partial charge in [0, 0.05) is 27.9 Å². The van der Waals surface area contributed by atoms with Gasteiger partial charge in [0.2, 0.25) is 0 Å². The summed E-state index contributed by atoms with van der Waals surface area (Å²) in [5.41, 5.74) is 3.96. The molecule has 0 radical (unpaired) electrons. The second kappa shape index (κ2) is 7.26. The molecule has 0 bridgehead atoms. The molecular weight excluding hydrogens is 400 g/mol. The third-order valence-electron chi connectivity index (χ3n) is 4.37. The molecule has 0 fully saturated rings. The average molecular weight is 414 g/mol. The fourth-order valence-corrected chi connectivity index (χ4v) is 3.13. The van der Waals surface area contributed by atoms with Crippen molar-refractivity contribution in [3.8, 4) is 11.4 Å². The highest BCUT2D eigenvalue weighted by molar-refractivity contribution is 6.32. The van der Waals surface area contributed by atoms with Gasteiger partial charge in [-0.1, -0.05) is 29.3 Å². The van der Waals surface area contributed by atoms with Gasteiger partial charge < -0.3 is 10.3 Å². The van der Waals surface area contributed by atoms with E-state index in [1.165, 1.54) is 12.1 Å². The monoisotopic (exact) mass is 413 g/mol. The average Bonchev–Trinajstić information content (AvgIpc) is 3.07. The van der Waals surface area contributed by atoms with Gasteiger partial charge in [-0.2, -0.15) is 0 Å². The number of aromatic nitrogens is 2. The zero-order chi connectivity index (χ0) is 19.8. The van der Waals surface area contributed by atoms with Gasteiger partial charge in [-0.25, -0.2) is 9.37 Å². The highest BCUT2D eigenvalue weighted by Crippen LogP contribution is 2.26. The third kappa shape index (κ3) is 3.59. The van der Waals surface area contributed by atoms with Crippen molar-refractivity contribution in [3.63, 3.8) is 0 Å². The summed E-state index contributed by atoms with van der Waals surface area (Å²) in [5.74, 6) is -0.165. The minimum Gasteiger partial charge on any atom is -0.338 e. The van der Waals surface area contributed by atoms with E-state index in [1.807, 2.05) is 19.1 Å². The summed E-state index contributed by atoms with van der Waals surface area (Å²) >= 11 is 11.9. The van der Waals surface area contributed by atoms with Crippen LogP contribution in [0, 0.1) is 12.7 Å². The maximum Gasteiger partial charge on any atom is 0.255 e. The number of hydrogen-bond acceptors (Lipinski definition) is 2. The Kier molecular flexibility index (Phi) is 4.79. The first-order chi connectivity index (χ1) is 13.4. The summed E-state index contributed by atoms with van der Waals surface area (Å²) in [5, 5.41) is 3.40. The summed E-state index contributed by atoms with van der Waals surface area (Å²) in [4.78, 5) is 19.9. The minimum atomic E-state index is -0.501. The predicted octanol–water partition coefficient (Wildman–Crippen LogP) is 6.24. The van der Waals surface area contributed by atoms with Gasteiger partial charge in [-0.05, 0) is 55.0 Å². The predicted molar refractivity (Wildman–Crippen MR) is 111 cm³/mol. The van der Waals surface area contributed by atoms with Crippen LogP contribution in [0.5, 0.6) is 0 Å². The Morgan fingerprint density at radius 3 is 2.50 bits per heavy atom. The van der Waals surface area contributed by atoms with Crippen molar-refractivity contribution in [2.24, 2.45) is 0 Å². The molecule has 7 heteroatoms. The lowest BCUT2D eigenvalue weighted by Crippen LogP contribution is -2.11. The van der Waals surface area contributed by atoms with E-state index in [0.717, 1.165) is 11.1 Å². The highest BCUT2D eigenvalue weighted by Gasteiger charge is 2.11. The highest BCUT2D eigenvalue weighted by atomic mass is 35.5. The van der Waals surface area contributed by atoms with E-state index in [-0.39, 0.29) is 10.9 Å². The first-order valence-corrected chi connectivity index (χ1v) is 9.19. The Labute approximate surface area is 170 Å². The Balaban J connectivity index is 1.55. The lowest BCUT2D eigenvalue weighted by atomic mass is 10.1. The van der Waals surface area contributed by atoms with E-state index in [2.05, 4.69) is 15.3 Å². The van der Waals surface area contributed by atoms with Gasteiger partial charge in [-0.15, -0.1) is 0 Å². The smallest absolute Gasteiger partial charge is 0.255 e. The van der Waals surface area contributed by atoms with Crippen LogP contribution >= 0.6 is 23.2 Å². The van der Waals surface area contributed by atoms with Crippen LogP contribution in [0.1, 0.15) is 15.9 Å². The van der Waals surface area contributed by atoms with E-state index in [4.69, 9.17) is 23.2 Å². The maximum atomic E-state index is 13.6. The number of nitrogens with zero attached hydrogens (tertiary/aromatic N) is 1. The van der Waals surface area contributed by atoms with Crippen LogP contribution in [0.25, 0.3) is 22.4 Å². The molecule has 0 unspecified atom stereocenters. The Morgan fingerprint density at radius 2 is 1.79 bits per heavy atom. The van der Waals surface area contributed by atoms with Crippen LogP contribution in [-0.4, -0.2) is 15.9 Å². The number of aryl methyl sites for hydroxylation is 1. The molecule has 0 aliphatic carbocycles. The van der Waals surface area contributed by atoms with E-state index in [9.17, 15) is 9.18 Å². The molecule has 0 saturated heterocycles. The van der Waals surface area contributed by atoms with E-state index >= 15 is 0 Å². The van der Waals surface area contributed by atoms with Crippen molar-refractivity contribution in [1.82, 2.24) is 9.97 Å². The molecule has 0 atom stereocenters. The number of fused-ring (bicyclic) bond motifs is 1. The molecule has 4 aromatic rings. The molecule has 28 heavy (non-hydrogen) atoms. The van der Waals surface area contributed by atoms with Gasteiger partial charge in [-0.3, -0.25) is 4.79 Å². The van der Waals surface area contributed by atoms with Crippen LogP contribution < -0.4 is 5.32 Å². The van der Waals surface area contributed by atoms with E-state index in [0.29, 0.717) is 33.1 Å². The van der Waals surface area contributed by atoms with Crippen LogP contribution in [0.3, 0.4) is 0 Å². The number of hydrogen-bond donors (Lipinski definition) is 2. The summed E-state index contributed by atoms with van der Waals surface area (Å²) < 4.78 is 13.6. The molecule has 4 rings (SSSR count). The molecule has 0 aliphatic heterocycles. The molecule has 4 nitrogen and oxygen atoms in total. The van der Waals surface area contributed by atoms with Crippen molar-refractivity contribution in [2.75, 3.05) is 5.32 Å². The summed E-state index contributed by atoms with van der Waals surface area (Å²) in [6.07, 6.45) is 0. The fourth-order valence-electron chi connectivity index (χ4n) is 2.79. The second-order valence-corrected chi connectivity index (χ2v) is 7.18. The number of halogens is 3. The number of imidazole rings is 1. The molecule has 140 valence electrons. The van der Waals surface area contributed by atoms with Crippen molar-refractivity contribution in [2.45, 2.75) is 6.92 Å². The number of nitrogens with one attached hydrogen (secondary N) is 2. The molecule has 1 aromatic heterocycles. The number of rotatable bonds is 3. The number of benzene rings is 3. The SMILES string of the molecule is Cc1ccc(C(=O)Nc2ccc(-c3nc4cc(Cl)c(F)cc4[nH]3)cc2)cc1Cl. The zero-order valence-electron chi connectivity index (χ0n) is 14.7. The Morgan fingerprint density at radius 1 is 1.04 bits per heavy atom. The third-order valence-corrected chi connectivity index (χ3v) is 5.07. The largest absolute Gasteiger partial charge is 0.338 e. The number of anilines is 1. The lowest BCUT2D eigenvalue weighted by molar-refractivity contribution is 0.102. The summed E-state index contributed by atoms with van der Waals surface area (Å²) in [6.45, 7) is 1.88. The number of carbonyl (C=O) groups excluding carboxylic acids is 1. The molecule has 1 heterocycles. The molecule has 2 N–H and O–H groups in total. The maximum absolute atomic E-state index is 13.6. The topological polar surface area (TPSA) is 57.8 Å². The van der Waals surface area contributed by atoms with Crippen LogP contribution in [-0.2, 0) is 0 Å². The zero-order valence-corrected chi connectivity index (χ0v) is 16.2. The Bertz CT molecular complexity index is 1160. The number of carbonyl (C=O) groups is 1. The number of amides is 1. The van der Waals surface area contributed by atoms with E-state index < -0.39 is 5.82 Å². The van der Waals surface area contributed by atoms with Crippen LogP contribution in [0.2, 0.25) is 10.0 Å². The van der Waals surface area contributed by atoms with Gasteiger partial charge >= 0.3 is 0 Å². The molecular formula is C21H14Cl2FN3O.